The van der Waals surface area contributed by atoms with Crippen molar-refractivity contribution in [1.82, 2.24) is 0 Å². The molecule has 0 spiro atoms. The molecule has 0 saturated carbocycles. The second-order valence-corrected chi connectivity index (χ2v) is 10.1. The lowest BCUT2D eigenvalue weighted by Gasteiger charge is -2.06. The molecule has 0 aromatic carbocycles. The van der Waals surface area contributed by atoms with Gasteiger partial charge in [-0.3, -0.25) is 28.8 Å². The van der Waals surface area contributed by atoms with E-state index in [4.69, 9.17) is 25.8 Å². The third-order valence-corrected chi connectivity index (χ3v) is 6.96. The first kappa shape index (κ1) is 38.3. The van der Waals surface area contributed by atoms with Crippen molar-refractivity contribution in [3.63, 3.8) is 0 Å². The fraction of sp³-hybridized carbons (Fsp3) is 0.481. The summed E-state index contributed by atoms with van der Waals surface area (Å²) in [6.45, 7) is 6.52. The minimum Gasteiger partial charge on any atom is -0.481 e. The number of rotatable bonds is 14. The van der Waals surface area contributed by atoms with Crippen LogP contribution in [0.2, 0.25) is 0 Å². The number of ether oxygens (including phenoxy) is 2. The molecule has 42 heavy (non-hydrogen) atoms. The Morgan fingerprint density at radius 2 is 1.29 bits per heavy atom. The van der Waals surface area contributed by atoms with Gasteiger partial charge >= 0.3 is 17.9 Å². The third-order valence-electron chi connectivity index (χ3n) is 5.01. The molecule has 2 heterocycles. The van der Waals surface area contributed by atoms with Gasteiger partial charge in [-0.2, -0.15) is 0 Å². The Kier molecular flexibility index (Phi) is 19.3. The Labute approximate surface area is 251 Å². The molecule has 0 unspecified atom stereocenters. The normalized spacial score (nSPS) is 9.86. The zero-order valence-electron chi connectivity index (χ0n) is 24.0. The van der Waals surface area contributed by atoms with E-state index in [0.29, 0.717) is 40.8 Å². The van der Waals surface area contributed by atoms with Gasteiger partial charge in [-0.15, -0.1) is 22.7 Å². The van der Waals surface area contributed by atoms with Crippen molar-refractivity contribution in [3.8, 4) is 0 Å². The number of amides is 1. The molecule has 0 aliphatic rings. The average molecular weight is 631 g/mol. The SMILES string of the molecule is CCOC(=O)CCC(=O)O.CCOC(=O)CCCC(=O)Nc1scc(C)c1C(=O)CO.Cc1csc(N)c1C(=O)CO. The number of nitrogens with two attached hydrogens (primary N) is 1. The highest BCUT2D eigenvalue weighted by atomic mass is 32.1. The van der Waals surface area contributed by atoms with E-state index < -0.39 is 30.9 Å². The van der Waals surface area contributed by atoms with E-state index in [1.54, 1.807) is 38.5 Å². The smallest absolute Gasteiger partial charge is 0.306 e. The fourth-order valence-electron chi connectivity index (χ4n) is 3.12. The van der Waals surface area contributed by atoms with Crippen LogP contribution in [0.3, 0.4) is 0 Å². The van der Waals surface area contributed by atoms with E-state index in [9.17, 15) is 28.8 Å². The van der Waals surface area contributed by atoms with E-state index in [-0.39, 0.29) is 43.3 Å². The summed E-state index contributed by atoms with van der Waals surface area (Å²) in [6, 6.07) is 0. The number of ketones is 2. The first-order valence-electron chi connectivity index (χ1n) is 12.8. The number of aliphatic hydroxyl groups excluding tert-OH is 2. The maximum absolute atomic E-state index is 11.8. The summed E-state index contributed by atoms with van der Waals surface area (Å²) in [5.74, 6) is -2.75. The molecule has 234 valence electrons. The van der Waals surface area contributed by atoms with Gasteiger partial charge in [0.15, 0.2) is 11.6 Å². The van der Waals surface area contributed by atoms with Crippen molar-refractivity contribution in [3.05, 3.63) is 33.0 Å². The minimum atomic E-state index is -0.979. The van der Waals surface area contributed by atoms with Crippen molar-refractivity contribution in [2.45, 2.75) is 59.8 Å². The molecule has 0 fully saturated rings. The van der Waals surface area contributed by atoms with E-state index in [1.165, 1.54) is 22.7 Å². The lowest BCUT2D eigenvalue weighted by Crippen LogP contribution is -2.15. The average Bonchev–Trinajstić information content (AvgIpc) is 3.47. The van der Waals surface area contributed by atoms with Gasteiger partial charge in [0.2, 0.25) is 5.91 Å². The third kappa shape index (κ3) is 14.8. The van der Waals surface area contributed by atoms with E-state index in [0.717, 1.165) is 11.1 Å². The minimum absolute atomic E-state index is 0.0385. The van der Waals surface area contributed by atoms with Gasteiger partial charge in [0.05, 0.1) is 42.2 Å². The number of anilines is 2. The Morgan fingerprint density at radius 3 is 1.76 bits per heavy atom. The first-order chi connectivity index (χ1) is 19.8. The predicted octanol–water partition coefficient (Wildman–Crippen LogP) is 3.13. The molecule has 13 nitrogen and oxygen atoms in total. The number of nitrogen functional groups attached to an aromatic ring is 1. The summed E-state index contributed by atoms with van der Waals surface area (Å²) in [6.07, 6.45) is 0.552. The molecule has 6 N–H and O–H groups in total. The molecule has 2 aromatic heterocycles. The Hall–Kier alpha value is -3.66. The van der Waals surface area contributed by atoms with Crippen LogP contribution in [0.5, 0.6) is 0 Å². The predicted molar refractivity (Wildman–Crippen MR) is 158 cm³/mol. The molecule has 0 atom stereocenters. The van der Waals surface area contributed by atoms with Gasteiger partial charge in [0.1, 0.15) is 18.2 Å². The highest BCUT2D eigenvalue weighted by Crippen LogP contribution is 2.28. The molecular weight excluding hydrogens is 592 g/mol. The summed E-state index contributed by atoms with van der Waals surface area (Å²) < 4.78 is 9.26. The number of aliphatic hydroxyl groups is 2. The number of carboxylic acids is 1. The van der Waals surface area contributed by atoms with Gasteiger partial charge in [0, 0.05) is 12.8 Å². The van der Waals surface area contributed by atoms with Crippen LogP contribution < -0.4 is 11.1 Å². The molecule has 2 rings (SSSR count). The number of thiophene rings is 2. The molecule has 2 aromatic rings. The number of Topliss-reactive ketones (excluding diaryl/α,β-unsaturated/α-hetero) is 2. The van der Waals surface area contributed by atoms with E-state index in [1.807, 2.05) is 0 Å². The molecule has 0 bridgehead atoms. The molecule has 0 saturated heterocycles. The number of carboxylic acid groups (broad SMARTS) is 1. The van der Waals surface area contributed by atoms with E-state index >= 15 is 0 Å². The van der Waals surface area contributed by atoms with Gasteiger partial charge in [-0.1, -0.05) is 0 Å². The lowest BCUT2D eigenvalue weighted by atomic mass is 10.1. The number of hydrogen-bond acceptors (Lipinski definition) is 13. The van der Waals surface area contributed by atoms with Crippen LogP contribution in [0, 0.1) is 13.8 Å². The topological polar surface area (TPSA) is 220 Å². The van der Waals surface area contributed by atoms with Crippen LogP contribution in [0.25, 0.3) is 0 Å². The monoisotopic (exact) mass is 630 g/mol. The summed E-state index contributed by atoms with van der Waals surface area (Å²) in [7, 11) is 0. The van der Waals surface area contributed by atoms with Crippen LogP contribution in [-0.2, 0) is 28.7 Å². The van der Waals surface area contributed by atoms with Crippen LogP contribution in [0.4, 0.5) is 10.0 Å². The van der Waals surface area contributed by atoms with Crippen molar-refractivity contribution >= 4 is 68.1 Å². The van der Waals surface area contributed by atoms with Crippen LogP contribution >= 0.6 is 22.7 Å². The number of hydrogen-bond donors (Lipinski definition) is 5. The molecule has 0 radical (unpaired) electrons. The van der Waals surface area contributed by atoms with Crippen LogP contribution in [0.15, 0.2) is 10.8 Å². The van der Waals surface area contributed by atoms with Gasteiger partial charge < -0.3 is 35.8 Å². The Balaban J connectivity index is 0.000000671. The molecule has 0 aliphatic carbocycles. The number of carbonyl (C=O) groups is 6. The largest absolute Gasteiger partial charge is 0.481 e. The summed E-state index contributed by atoms with van der Waals surface area (Å²) >= 11 is 2.56. The zero-order valence-corrected chi connectivity index (χ0v) is 25.7. The van der Waals surface area contributed by atoms with Crippen LogP contribution in [0.1, 0.15) is 77.8 Å². The Bertz CT molecular complexity index is 1190. The van der Waals surface area contributed by atoms with Crippen molar-refractivity contribution in [2.75, 3.05) is 37.5 Å². The van der Waals surface area contributed by atoms with Crippen LogP contribution in [-0.4, -0.2) is 77.1 Å². The Morgan fingerprint density at radius 1 is 0.786 bits per heavy atom. The fourth-order valence-corrected chi connectivity index (χ4v) is 4.91. The standard InChI is InChI=1S/C14H19NO5S.C7H9NO2S.C6H10O4/c1-3-20-12(19)6-4-5-11(18)15-14-13(10(17)7-16)9(2)8-21-14;1-4-3-11-7(8)6(4)5(10)2-9;1-2-10-6(9)4-3-5(7)8/h8,16H,3-7H2,1-2H3,(H,15,18);3,9H,2,8H2,1H3;2-4H2,1H3,(H,7,8). The molecule has 0 aliphatic heterocycles. The van der Waals surface area contributed by atoms with Crippen molar-refractivity contribution in [2.24, 2.45) is 0 Å². The quantitative estimate of drug-likeness (QED) is 0.150. The zero-order chi connectivity index (χ0) is 32.2. The van der Waals surface area contributed by atoms with Crippen molar-refractivity contribution < 1.29 is 53.6 Å². The maximum atomic E-state index is 11.8. The lowest BCUT2D eigenvalue weighted by molar-refractivity contribution is -0.147. The second kappa shape index (κ2) is 21.1. The number of aryl methyl sites for hydroxylation is 2. The highest BCUT2D eigenvalue weighted by Gasteiger charge is 2.18. The van der Waals surface area contributed by atoms with Gasteiger partial charge in [-0.05, 0) is 56.0 Å². The van der Waals surface area contributed by atoms with Gasteiger partial charge in [-0.25, -0.2) is 0 Å². The van der Waals surface area contributed by atoms with E-state index in [2.05, 4.69) is 10.1 Å². The summed E-state index contributed by atoms with van der Waals surface area (Å²) in [4.78, 5) is 65.9. The number of nitrogens with one attached hydrogen (secondary N) is 1. The second-order valence-electron chi connectivity index (χ2n) is 8.35. The summed E-state index contributed by atoms with van der Waals surface area (Å²) in [5, 5.41) is 32.7. The highest BCUT2D eigenvalue weighted by molar-refractivity contribution is 7.15. The molecule has 1 amide bonds. The summed E-state index contributed by atoms with van der Waals surface area (Å²) in [5.41, 5.74) is 7.89. The van der Waals surface area contributed by atoms with Crippen molar-refractivity contribution in [1.29, 1.82) is 0 Å². The number of carbonyl (C=O) groups excluding carboxylic acids is 5. The number of aliphatic carboxylic acids is 1. The molecular formula is C27H38N2O11S2. The number of esters is 2. The van der Waals surface area contributed by atoms with Gasteiger partial charge in [0.25, 0.3) is 0 Å². The maximum Gasteiger partial charge on any atom is 0.306 e. The first-order valence-corrected chi connectivity index (χ1v) is 14.6. The molecule has 15 heteroatoms.